The van der Waals surface area contributed by atoms with E-state index in [4.69, 9.17) is 9.47 Å². The molecule has 122 valence electrons. The minimum absolute atomic E-state index is 0.148. The van der Waals surface area contributed by atoms with Crippen LogP contribution in [0, 0.1) is 6.92 Å². The van der Waals surface area contributed by atoms with Crippen LogP contribution in [0.3, 0.4) is 0 Å². The topological polar surface area (TPSA) is 65.5 Å². The van der Waals surface area contributed by atoms with Gasteiger partial charge in [-0.15, -0.1) is 0 Å². The second kappa shape index (κ2) is 9.92. The Kier molecular flexibility index (Phi) is 8.18. The van der Waals surface area contributed by atoms with E-state index in [1.807, 2.05) is 0 Å². The van der Waals surface area contributed by atoms with Gasteiger partial charge in [-0.2, -0.15) is 0 Å². The second-order valence-electron chi connectivity index (χ2n) is 5.35. The van der Waals surface area contributed by atoms with E-state index in [1.54, 1.807) is 19.2 Å². The van der Waals surface area contributed by atoms with Gasteiger partial charge in [0.2, 0.25) is 0 Å². The summed E-state index contributed by atoms with van der Waals surface area (Å²) in [5.74, 6) is -0.196. The highest BCUT2D eigenvalue weighted by atomic mass is 16.5. The zero-order chi connectivity index (χ0) is 16.4. The first-order valence-electron chi connectivity index (χ1n) is 7.82. The Bertz CT molecular complexity index is 499. The monoisotopic (exact) mass is 307 g/mol. The van der Waals surface area contributed by atoms with Gasteiger partial charge in [-0.1, -0.05) is 32.6 Å². The van der Waals surface area contributed by atoms with Crippen molar-refractivity contribution in [2.45, 2.75) is 65.9 Å². The molecule has 0 aromatic carbocycles. The fraction of sp³-hybridized carbons (Fsp3) is 0.588. The molecule has 0 amide bonds. The number of carbonyl (C=O) groups is 2. The maximum atomic E-state index is 11.7. The number of rotatable bonds is 9. The third kappa shape index (κ3) is 7.20. The maximum absolute atomic E-state index is 11.7. The van der Waals surface area contributed by atoms with Crippen LogP contribution < -0.4 is 4.74 Å². The van der Waals surface area contributed by atoms with E-state index >= 15 is 0 Å². The Labute approximate surface area is 132 Å². The van der Waals surface area contributed by atoms with E-state index in [1.165, 1.54) is 19.8 Å². The molecule has 5 nitrogen and oxygen atoms in total. The van der Waals surface area contributed by atoms with Crippen molar-refractivity contribution in [3.8, 4) is 5.75 Å². The highest BCUT2D eigenvalue weighted by molar-refractivity contribution is 5.70. The molecule has 0 aliphatic heterocycles. The van der Waals surface area contributed by atoms with Gasteiger partial charge in [0, 0.05) is 25.1 Å². The van der Waals surface area contributed by atoms with Gasteiger partial charge in [0.05, 0.1) is 5.69 Å². The molecule has 1 heterocycles. The van der Waals surface area contributed by atoms with Crippen molar-refractivity contribution in [2.75, 3.05) is 0 Å². The summed E-state index contributed by atoms with van der Waals surface area (Å²) in [6, 6.07) is 1.68. The summed E-state index contributed by atoms with van der Waals surface area (Å²) in [7, 11) is 0. The van der Waals surface area contributed by atoms with Crippen LogP contribution in [0.4, 0.5) is 0 Å². The number of ether oxygens (including phenoxy) is 2. The number of esters is 2. The number of unbranched alkanes of at least 4 members (excludes halogenated alkanes) is 4. The summed E-state index contributed by atoms with van der Waals surface area (Å²) >= 11 is 0. The van der Waals surface area contributed by atoms with Gasteiger partial charge in [0.25, 0.3) is 0 Å². The lowest BCUT2D eigenvalue weighted by Crippen LogP contribution is -2.07. The quantitative estimate of drug-likeness (QED) is 0.514. The van der Waals surface area contributed by atoms with E-state index in [0.29, 0.717) is 23.4 Å². The molecule has 0 N–H and O–H groups in total. The predicted molar refractivity (Wildman–Crippen MR) is 83.5 cm³/mol. The lowest BCUT2D eigenvalue weighted by molar-refractivity contribution is -0.145. The molecular weight excluding hydrogens is 282 g/mol. The molecule has 0 saturated heterocycles. The van der Waals surface area contributed by atoms with Crippen LogP contribution in [-0.2, 0) is 20.9 Å². The van der Waals surface area contributed by atoms with Gasteiger partial charge >= 0.3 is 11.9 Å². The van der Waals surface area contributed by atoms with Crippen LogP contribution in [0.25, 0.3) is 0 Å². The highest BCUT2D eigenvalue weighted by Crippen LogP contribution is 2.18. The molecule has 22 heavy (non-hydrogen) atoms. The first-order chi connectivity index (χ1) is 10.5. The number of hydrogen-bond donors (Lipinski definition) is 0. The van der Waals surface area contributed by atoms with Crippen molar-refractivity contribution in [1.82, 2.24) is 4.98 Å². The number of pyridine rings is 1. The summed E-state index contributed by atoms with van der Waals surface area (Å²) in [6.07, 6.45) is 7.56. The Morgan fingerprint density at radius 3 is 2.59 bits per heavy atom. The lowest BCUT2D eigenvalue weighted by Gasteiger charge is -2.08. The van der Waals surface area contributed by atoms with Crippen LogP contribution in [0.2, 0.25) is 0 Å². The molecule has 0 atom stereocenters. The molecule has 0 radical (unpaired) electrons. The summed E-state index contributed by atoms with van der Waals surface area (Å²) in [4.78, 5) is 26.8. The SMILES string of the molecule is CCCCCCCC(=O)OCc1cnc(C)c(OC(C)=O)c1. The largest absolute Gasteiger partial charge is 0.461 e. The van der Waals surface area contributed by atoms with Crippen molar-refractivity contribution in [1.29, 1.82) is 0 Å². The van der Waals surface area contributed by atoms with Gasteiger partial charge < -0.3 is 9.47 Å². The molecular formula is C17H25NO4. The van der Waals surface area contributed by atoms with Gasteiger partial charge in [-0.05, 0) is 19.4 Å². The van der Waals surface area contributed by atoms with E-state index in [9.17, 15) is 9.59 Å². The second-order valence-corrected chi connectivity index (χ2v) is 5.35. The molecule has 0 aliphatic rings. The Hall–Kier alpha value is -1.91. The third-order valence-corrected chi connectivity index (χ3v) is 3.24. The summed E-state index contributed by atoms with van der Waals surface area (Å²) < 4.78 is 10.3. The number of hydrogen-bond acceptors (Lipinski definition) is 5. The Morgan fingerprint density at radius 2 is 1.91 bits per heavy atom. The molecule has 0 unspecified atom stereocenters. The summed E-state index contributed by atoms with van der Waals surface area (Å²) in [5.41, 5.74) is 1.34. The van der Waals surface area contributed by atoms with Crippen LogP contribution in [0.1, 0.15) is 63.6 Å². The molecule has 1 aromatic rings. The number of nitrogens with zero attached hydrogens (tertiary/aromatic N) is 1. The maximum Gasteiger partial charge on any atom is 0.308 e. The molecule has 1 rings (SSSR count). The summed E-state index contributed by atoms with van der Waals surface area (Å²) in [6.45, 7) is 5.40. The summed E-state index contributed by atoms with van der Waals surface area (Å²) in [5, 5.41) is 0. The molecule has 0 spiro atoms. The first-order valence-corrected chi connectivity index (χ1v) is 7.82. The van der Waals surface area contributed by atoms with Crippen molar-refractivity contribution in [2.24, 2.45) is 0 Å². The fourth-order valence-corrected chi connectivity index (χ4v) is 2.00. The fourth-order valence-electron chi connectivity index (χ4n) is 2.00. The third-order valence-electron chi connectivity index (χ3n) is 3.24. The van der Waals surface area contributed by atoms with Crippen molar-refractivity contribution < 1.29 is 19.1 Å². The Balaban J connectivity index is 2.37. The van der Waals surface area contributed by atoms with Crippen LogP contribution >= 0.6 is 0 Å². The van der Waals surface area contributed by atoms with E-state index in [0.717, 1.165) is 19.3 Å². The van der Waals surface area contributed by atoms with Gasteiger partial charge in [0.1, 0.15) is 6.61 Å². The van der Waals surface area contributed by atoms with E-state index in [2.05, 4.69) is 11.9 Å². The highest BCUT2D eigenvalue weighted by Gasteiger charge is 2.08. The minimum Gasteiger partial charge on any atom is -0.461 e. The van der Waals surface area contributed by atoms with Crippen molar-refractivity contribution in [3.63, 3.8) is 0 Å². The molecule has 0 bridgehead atoms. The molecule has 1 aromatic heterocycles. The Morgan fingerprint density at radius 1 is 1.18 bits per heavy atom. The molecule has 0 fully saturated rings. The lowest BCUT2D eigenvalue weighted by atomic mass is 10.1. The predicted octanol–water partition coefficient (Wildman–Crippen LogP) is 3.72. The van der Waals surface area contributed by atoms with Crippen LogP contribution in [0.5, 0.6) is 5.75 Å². The zero-order valence-corrected chi connectivity index (χ0v) is 13.7. The number of carbonyl (C=O) groups excluding carboxylic acids is 2. The average molecular weight is 307 g/mol. The van der Waals surface area contributed by atoms with Gasteiger partial charge in [-0.25, -0.2) is 0 Å². The number of aryl methyl sites for hydroxylation is 1. The normalized spacial score (nSPS) is 10.3. The first kappa shape index (κ1) is 18.1. The molecule has 0 saturated carbocycles. The number of aromatic nitrogens is 1. The minimum atomic E-state index is -0.397. The van der Waals surface area contributed by atoms with Crippen molar-refractivity contribution >= 4 is 11.9 Å². The zero-order valence-electron chi connectivity index (χ0n) is 13.7. The van der Waals surface area contributed by atoms with Crippen LogP contribution in [-0.4, -0.2) is 16.9 Å². The van der Waals surface area contributed by atoms with Crippen LogP contribution in [0.15, 0.2) is 12.3 Å². The molecule has 0 aliphatic carbocycles. The van der Waals surface area contributed by atoms with Gasteiger partial charge in [0.15, 0.2) is 5.75 Å². The van der Waals surface area contributed by atoms with Crippen molar-refractivity contribution in [3.05, 3.63) is 23.5 Å². The van der Waals surface area contributed by atoms with E-state index in [-0.39, 0.29) is 12.6 Å². The smallest absolute Gasteiger partial charge is 0.308 e. The standard InChI is InChI=1S/C17H25NO4/c1-4-5-6-7-8-9-17(20)21-12-15-10-16(22-14(3)19)13(2)18-11-15/h10-11H,4-9,12H2,1-3H3. The average Bonchev–Trinajstić information content (AvgIpc) is 2.47. The van der Waals surface area contributed by atoms with Gasteiger partial charge in [-0.3, -0.25) is 14.6 Å². The van der Waals surface area contributed by atoms with E-state index < -0.39 is 5.97 Å². The molecule has 5 heteroatoms.